The fourth-order valence-corrected chi connectivity index (χ4v) is 5.43. The van der Waals surface area contributed by atoms with Crippen LogP contribution >= 0.6 is 0 Å². The zero-order valence-electron chi connectivity index (χ0n) is 22.2. The fraction of sp³-hybridized carbons (Fsp3) is 0.400. The Morgan fingerprint density at radius 3 is 2.52 bits per heavy atom. The normalized spacial score (nSPS) is 15.8. The Morgan fingerprint density at radius 1 is 1.20 bits per heavy atom. The van der Waals surface area contributed by atoms with Crippen molar-refractivity contribution in [1.82, 2.24) is 9.88 Å². The van der Waals surface area contributed by atoms with Gasteiger partial charge in [-0.25, -0.2) is 13.2 Å². The number of rotatable bonds is 9. The number of nitrogens with zero attached hydrogens (tertiary/aromatic N) is 2. The third kappa shape index (κ3) is 6.73. The van der Waals surface area contributed by atoms with E-state index >= 15 is 0 Å². The quantitative estimate of drug-likeness (QED) is 0.333. The molecule has 0 saturated carbocycles. The minimum Gasteiger partial charge on any atom is -0.497 e. The number of carbonyl (C=O) groups is 1. The molecule has 1 aliphatic rings. The number of hydrogen-bond donors (Lipinski definition) is 3. The SMILES string of the molecule is COc1ccc2ncc(CN)c(C(O)CCC3(CC(=O)O)CCN(CC#Cc4c(F)cc(F)cc4F)CC3)c2c1. The van der Waals surface area contributed by atoms with Gasteiger partial charge in [0.25, 0.3) is 0 Å². The molecule has 0 aliphatic carbocycles. The Bertz CT molecular complexity index is 1420. The number of aromatic nitrogens is 1. The second-order valence-electron chi connectivity index (χ2n) is 10.2. The third-order valence-corrected chi connectivity index (χ3v) is 7.67. The van der Waals surface area contributed by atoms with Gasteiger partial charge in [0.15, 0.2) is 0 Å². The maximum absolute atomic E-state index is 13.9. The molecule has 0 radical (unpaired) electrons. The van der Waals surface area contributed by atoms with Crippen LogP contribution in [0.15, 0.2) is 36.5 Å². The predicted octanol–water partition coefficient (Wildman–Crippen LogP) is 4.54. The Kier molecular flexibility index (Phi) is 9.30. The van der Waals surface area contributed by atoms with Crippen LogP contribution in [0, 0.1) is 34.7 Å². The molecule has 4 N–H and O–H groups in total. The topological polar surface area (TPSA) is 109 Å². The van der Waals surface area contributed by atoms with Gasteiger partial charge in [-0.15, -0.1) is 0 Å². The molecule has 1 fully saturated rings. The van der Waals surface area contributed by atoms with Gasteiger partial charge in [-0.2, -0.15) is 0 Å². The van der Waals surface area contributed by atoms with E-state index in [1.54, 1.807) is 19.4 Å². The number of hydrogen-bond acceptors (Lipinski definition) is 6. The number of carboxylic acid groups (broad SMARTS) is 1. The second-order valence-corrected chi connectivity index (χ2v) is 10.2. The molecule has 0 spiro atoms. The number of aliphatic hydroxyl groups is 1. The molecule has 1 unspecified atom stereocenters. The van der Waals surface area contributed by atoms with Crippen molar-refractivity contribution < 1.29 is 32.9 Å². The number of carboxylic acids is 1. The van der Waals surface area contributed by atoms with E-state index < -0.39 is 40.5 Å². The summed E-state index contributed by atoms with van der Waals surface area (Å²) in [6.07, 6.45) is 2.65. The van der Waals surface area contributed by atoms with Crippen LogP contribution in [0.4, 0.5) is 13.2 Å². The highest BCUT2D eigenvalue weighted by Gasteiger charge is 2.37. The first-order valence-corrected chi connectivity index (χ1v) is 13.1. The molecule has 0 bridgehead atoms. The average Bonchev–Trinajstić information content (AvgIpc) is 2.92. The van der Waals surface area contributed by atoms with Crippen molar-refractivity contribution >= 4 is 16.9 Å². The van der Waals surface area contributed by atoms with Crippen molar-refractivity contribution in [2.24, 2.45) is 11.1 Å². The highest BCUT2D eigenvalue weighted by Crippen LogP contribution is 2.42. The first-order chi connectivity index (χ1) is 19.1. The summed E-state index contributed by atoms with van der Waals surface area (Å²) in [6.45, 7) is 1.49. The van der Waals surface area contributed by atoms with Crippen LogP contribution < -0.4 is 10.5 Å². The van der Waals surface area contributed by atoms with Gasteiger partial charge in [0.1, 0.15) is 23.2 Å². The molecule has 40 heavy (non-hydrogen) atoms. The van der Waals surface area contributed by atoms with Crippen LogP contribution in [0.25, 0.3) is 10.9 Å². The summed E-state index contributed by atoms with van der Waals surface area (Å²) in [6, 6.07) is 6.60. The first kappa shape index (κ1) is 29.3. The minimum atomic E-state index is -1.05. The van der Waals surface area contributed by atoms with Crippen molar-refractivity contribution in [2.45, 2.75) is 44.8 Å². The number of piperidine rings is 1. The number of likely N-dealkylation sites (tertiary alicyclic amines) is 1. The van der Waals surface area contributed by atoms with Gasteiger partial charge < -0.3 is 20.7 Å². The Labute approximate surface area is 230 Å². The number of pyridine rings is 1. The summed E-state index contributed by atoms with van der Waals surface area (Å²) in [5.74, 6) is 1.78. The molecule has 3 aromatic rings. The number of benzene rings is 2. The van der Waals surface area contributed by atoms with E-state index in [2.05, 4.69) is 16.8 Å². The molecule has 4 rings (SSSR count). The van der Waals surface area contributed by atoms with E-state index in [0.29, 0.717) is 73.3 Å². The number of ether oxygens (including phenoxy) is 1. The van der Waals surface area contributed by atoms with Crippen LogP contribution in [-0.2, 0) is 11.3 Å². The standard InChI is InChI=1S/C30H32F3N3O4/c1-40-21-4-5-26-23(15-21)29(19(17-34)18-35-26)27(37)6-7-30(16-28(38)39)8-11-36(12-9-30)10-2-3-22-24(32)13-20(31)14-25(22)33/h4-5,13-15,18,27,37H,6-12,16-17,34H2,1H3,(H,38,39). The Morgan fingerprint density at radius 2 is 1.90 bits per heavy atom. The van der Waals surface area contributed by atoms with E-state index in [-0.39, 0.29) is 19.5 Å². The number of halogens is 3. The third-order valence-electron chi connectivity index (χ3n) is 7.67. The van der Waals surface area contributed by atoms with E-state index in [1.165, 1.54) is 0 Å². The maximum Gasteiger partial charge on any atom is 0.303 e. The lowest BCUT2D eigenvalue weighted by Gasteiger charge is -2.41. The van der Waals surface area contributed by atoms with E-state index in [4.69, 9.17) is 10.5 Å². The van der Waals surface area contributed by atoms with Gasteiger partial charge in [-0.3, -0.25) is 14.7 Å². The zero-order chi connectivity index (χ0) is 28.9. The number of fused-ring (bicyclic) bond motifs is 1. The molecule has 1 saturated heterocycles. The van der Waals surface area contributed by atoms with Crippen molar-refractivity contribution in [3.05, 3.63) is 70.7 Å². The molecule has 1 atom stereocenters. The van der Waals surface area contributed by atoms with E-state index in [0.717, 1.165) is 5.39 Å². The molecular weight excluding hydrogens is 523 g/mol. The molecule has 2 heterocycles. The molecule has 1 aliphatic heterocycles. The number of nitrogens with two attached hydrogens (primary N) is 1. The molecule has 7 nitrogen and oxygen atoms in total. The molecule has 10 heteroatoms. The van der Waals surface area contributed by atoms with Crippen LogP contribution in [-0.4, -0.2) is 52.8 Å². The number of methoxy groups -OCH3 is 1. The van der Waals surface area contributed by atoms with E-state index in [9.17, 15) is 28.2 Å². The van der Waals surface area contributed by atoms with Crippen molar-refractivity contribution in [3.63, 3.8) is 0 Å². The molecule has 1 aromatic heterocycles. The fourth-order valence-electron chi connectivity index (χ4n) is 5.43. The number of aliphatic hydroxyl groups excluding tert-OH is 1. The Hall–Kier alpha value is -3.65. The van der Waals surface area contributed by atoms with Gasteiger partial charge in [-0.05, 0) is 73.5 Å². The van der Waals surface area contributed by atoms with Gasteiger partial charge in [0.2, 0.25) is 0 Å². The summed E-state index contributed by atoms with van der Waals surface area (Å²) in [5.41, 5.74) is 7.03. The molecule has 0 amide bonds. The van der Waals surface area contributed by atoms with Crippen LogP contribution in [0.2, 0.25) is 0 Å². The minimum absolute atomic E-state index is 0.0418. The maximum atomic E-state index is 13.9. The lowest BCUT2D eigenvalue weighted by Crippen LogP contribution is -2.41. The van der Waals surface area contributed by atoms with Crippen molar-refractivity contribution in [3.8, 4) is 17.6 Å². The van der Waals surface area contributed by atoms with Crippen molar-refractivity contribution in [2.75, 3.05) is 26.7 Å². The summed E-state index contributed by atoms with van der Waals surface area (Å²) < 4.78 is 46.2. The first-order valence-electron chi connectivity index (χ1n) is 13.1. The average molecular weight is 556 g/mol. The Balaban J connectivity index is 1.46. The molecular formula is C30H32F3N3O4. The highest BCUT2D eigenvalue weighted by molar-refractivity contribution is 5.85. The van der Waals surface area contributed by atoms with Gasteiger partial charge in [0, 0.05) is 30.3 Å². The number of aliphatic carboxylic acids is 1. The van der Waals surface area contributed by atoms with Gasteiger partial charge in [0.05, 0.1) is 37.3 Å². The molecule has 212 valence electrons. The van der Waals surface area contributed by atoms with Crippen LogP contribution in [0.1, 0.15) is 54.9 Å². The van der Waals surface area contributed by atoms with Gasteiger partial charge >= 0.3 is 5.97 Å². The largest absolute Gasteiger partial charge is 0.497 e. The monoisotopic (exact) mass is 555 g/mol. The second kappa shape index (κ2) is 12.7. The lowest BCUT2D eigenvalue weighted by molar-refractivity contribution is -0.141. The molecule has 2 aromatic carbocycles. The lowest BCUT2D eigenvalue weighted by atomic mass is 9.71. The van der Waals surface area contributed by atoms with Crippen LogP contribution in [0.3, 0.4) is 0 Å². The zero-order valence-corrected chi connectivity index (χ0v) is 22.2. The van der Waals surface area contributed by atoms with E-state index in [1.807, 2.05) is 17.0 Å². The summed E-state index contributed by atoms with van der Waals surface area (Å²) in [4.78, 5) is 18.2. The summed E-state index contributed by atoms with van der Waals surface area (Å²) >= 11 is 0. The van der Waals surface area contributed by atoms with Crippen LogP contribution in [0.5, 0.6) is 5.75 Å². The smallest absolute Gasteiger partial charge is 0.303 e. The van der Waals surface area contributed by atoms with Crippen molar-refractivity contribution in [1.29, 1.82) is 0 Å². The summed E-state index contributed by atoms with van der Waals surface area (Å²) in [7, 11) is 1.56. The highest BCUT2D eigenvalue weighted by atomic mass is 19.1. The van der Waals surface area contributed by atoms with Gasteiger partial charge in [-0.1, -0.05) is 11.8 Å². The predicted molar refractivity (Wildman–Crippen MR) is 144 cm³/mol. The summed E-state index contributed by atoms with van der Waals surface area (Å²) in [5, 5.41) is 21.7.